The number of aromatic nitrogens is 2. The molecule has 0 bridgehead atoms. The van der Waals surface area contributed by atoms with Crippen molar-refractivity contribution in [2.75, 3.05) is 0 Å². The first-order valence-electron chi connectivity index (χ1n) is 9.26. The van der Waals surface area contributed by atoms with Crippen LogP contribution in [0.4, 0.5) is 0 Å². The highest BCUT2D eigenvalue weighted by molar-refractivity contribution is 6.04. The van der Waals surface area contributed by atoms with E-state index in [0.717, 1.165) is 33.7 Å². The Hall–Kier alpha value is -2.43. The van der Waals surface area contributed by atoms with E-state index in [1.807, 2.05) is 50.8 Å². The fraction of sp³-hybridized carbons (Fsp3) is 0.476. The third-order valence-electron chi connectivity index (χ3n) is 5.48. The van der Waals surface area contributed by atoms with Gasteiger partial charge in [0.05, 0.1) is 11.4 Å². The predicted octanol–water partition coefficient (Wildman–Crippen LogP) is 4.06. The molecule has 4 rings (SSSR count). The Balaban J connectivity index is 1.54. The van der Waals surface area contributed by atoms with Crippen molar-refractivity contribution in [2.24, 2.45) is 18.1 Å². The maximum Gasteiger partial charge on any atom is 0.168 e. The molecular weight excluding hydrogens is 326 g/mol. The molecule has 1 unspecified atom stereocenters. The monoisotopic (exact) mass is 351 g/mol. The molecule has 1 aliphatic heterocycles. The van der Waals surface area contributed by atoms with Gasteiger partial charge in [0.15, 0.2) is 11.4 Å². The summed E-state index contributed by atoms with van der Waals surface area (Å²) in [5, 5.41) is 8.78. The average molecular weight is 351 g/mol. The van der Waals surface area contributed by atoms with Gasteiger partial charge < -0.3 is 4.84 Å². The first-order chi connectivity index (χ1) is 12.4. The topological polar surface area (TPSA) is 56.5 Å². The minimum atomic E-state index is -0.498. The summed E-state index contributed by atoms with van der Waals surface area (Å²) in [5.41, 5.74) is 5.32. The van der Waals surface area contributed by atoms with E-state index in [9.17, 15) is 4.79 Å². The van der Waals surface area contributed by atoms with Crippen LogP contribution in [0.3, 0.4) is 0 Å². The van der Waals surface area contributed by atoms with Gasteiger partial charge in [0.1, 0.15) is 0 Å². The lowest BCUT2D eigenvalue weighted by Gasteiger charge is -2.20. The van der Waals surface area contributed by atoms with Crippen molar-refractivity contribution in [1.82, 2.24) is 9.78 Å². The van der Waals surface area contributed by atoms with E-state index < -0.39 is 5.60 Å². The van der Waals surface area contributed by atoms with Gasteiger partial charge in [0, 0.05) is 37.2 Å². The van der Waals surface area contributed by atoms with E-state index in [0.29, 0.717) is 18.8 Å². The fourth-order valence-electron chi connectivity index (χ4n) is 3.81. The van der Waals surface area contributed by atoms with Gasteiger partial charge in [0.25, 0.3) is 0 Å². The van der Waals surface area contributed by atoms with Crippen molar-refractivity contribution < 1.29 is 9.63 Å². The molecule has 1 aromatic heterocycles. The van der Waals surface area contributed by atoms with Crippen LogP contribution in [0.2, 0.25) is 0 Å². The molecule has 1 saturated carbocycles. The summed E-state index contributed by atoms with van der Waals surface area (Å²) in [6.45, 7) is 6.05. The number of aryl methyl sites for hydroxylation is 3. The summed E-state index contributed by atoms with van der Waals surface area (Å²) < 4.78 is 1.81. The molecule has 0 spiro atoms. The number of oxime groups is 1. The molecule has 1 atom stereocenters. The molecule has 136 valence electrons. The Labute approximate surface area is 154 Å². The minimum Gasteiger partial charge on any atom is -0.384 e. The van der Waals surface area contributed by atoms with Crippen LogP contribution in [0, 0.1) is 19.8 Å². The van der Waals surface area contributed by atoms with E-state index in [4.69, 9.17) is 4.84 Å². The summed E-state index contributed by atoms with van der Waals surface area (Å²) >= 11 is 0. The van der Waals surface area contributed by atoms with Crippen molar-refractivity contribution in [3.8, 4) is 0 Å². The van der Waals surface area contributed by atoms with Gasteiger partial charge in [-0.1, -0.05) is 17.3 Å². The quantitative estimate of drug-likeness (QED) is 0.763. The summed E-state index contributed by atoms with van der Waals surface area (Å²) in [4.78, 5) is 18.2. The SMILES string of the molecule is Cc1cc(C2=NOC(C)(c3cn(C)nc3C)C2)ccc1C(=O)CC1CC1. The third-order valence-corrected chi connectivity index (χ3v) is 5.48. The molecule has 0 amide bonds. The molecule has 2 aliphatic rings. The number of ketones is 1. The zero-order valence-corrected chi connectivity index (χ0v) is 15.9. The molecule has 0 saturated heterocycles. The number of benzene rings is 1. The molecule has 2 aromatic rings. The zero-order chi connectivity index (χ0) is 18.5. The molecule has 0 N–H and O–H groups in total. The largest absolute Gasteiger partial charge is 0.384 e. The Morgan fingerprint density at radius 1 is 1.35 bits per heavy atom. The summed E-state index contributed by atoms with van der Waals surface area (Å²) in [5.74, 6) is 0.870. The second-order valence-electron chi connectivity index (χ2n) is 7.94. The molecule has 1 aliphatic carbocycles. The highest BCUT2D eigenvalue weighted by Gasteiger charge is 2.39. The number of carbonyl (C=O) groups is 1. The fourth-order valence-corrected chi connectivity index (χ4v) is 3.81. The standard InChI is InChI=1S/C21H25N3O2/c1-13-9-16(7-8-17(13)20(25)10-15-5-6-15)19-11-21(3,26-23-19)18-12-24(4)22-14(18)2/h7-9,12,15H,5-6,10-11H2,1-4H3. The summed E-state index contributed by atoms with van der Waals surface area (Å²) in [6, 6.07) is 6.00. The van der Waals surface area contributed by atoms with Crippen molar-refractivity contribution in [3.05, 3.63) is 52.3 Å². The van der Waals surface area contributed by atoms with Crippen LogP contribution in [0.5, 0.6) is 0 Å². The van der Waals surface area contributed by atoms with E-state index in [1.54, 1.807) is 0 Å². The van der Waals surface area contributed by atoms with Crippen LogP contribution in [0.15, 0.2) is 29.6 Å². The normalized spacial score (nSPS) is 22.2. The molecule has 26 heavy (non-hydrogen) atoms. The van der Waals surface area contributed by atoms with Crippen molar-refractivity contribution in [1.29, 1.82) is 0 Å². The first-order valence-corrected chi connectivity index (χ1v) is 9.26. The molecule has 0 radical (unpaired) electrons. The van der Waals surface area contributed by atoms with Crippen LogP contribution in [-0.2, 0) is 17.5 Å². The molecular formula is C21H25N3O2. The Bertz CT molecular complexity index is 908. The Morgan fingerprint density at radius 2 is 2.12 bits per heavy atom. The Kier molecular flexibility index (Phi) is 3.98. The average Bonchev–Trinajstić information content (AvgIpc) is 3.20. The predicted molar refractivity (Wildman–Crippen MR) is 100 cm³/mol. The van der Waals surface area contributed by atoms with Crippen LogP contribution < -0.4 is 0 Å². The van der Waals surface area contributed by atoms with Crippen molar-refractivity contribution in [2.45, 2.75) is 52.1 Å². The smallest absolute Gasteiger partial charge is 0.168 e. The van der Waals surface area contributed by atoms with Gasteiger partial charge in [-0.2, -0.15) is 5.10 Å². The second-order valence-corrected chi connectivity index (χ2v) is 7.94. The van der Waals surface area contributed by atoms with Crippen LogP contribution >= 0.6 is 0 Å². The number of carbonyl (C=O) groups excluding carboxylic acids is 1. The number of Topliss-reactive ketones (excluding diaryl/α,β-unsaturated/α-hetero) is 1. The highest BCUT2D eigenvalue weighted by atomic mass is 16.7. The van der Waals surface area contributed by atoms with Gasteiger partial charge in [-0.15, -0.1) is 0 Å². The third kappa shape index (κ3) is 3.06. The summed E-state index contributed by atoms with van der Waals surface area (Å²) in [6.07, 6.45) is 5.77. The number of hydrogen-bond donors (Lipinski definition) is 0. The van der Waals surface area contributed by atoms with Gasteiger partial charge in [-0.25, -0.2) is 0 Å². The molecule has 2 heterocycles. The molecule has 1 aromatic carbocycles. The van der Waals surface area contributed by atoms with E-state index in [-0.39, 0.29) is 5.78 Å². The number of rotatable bonds is 5. The van der Waals surface area contributed by atoms with E-state index in [1.165, 1.54) is 12.8 Å². The van der Waals surface area contributed by atoms with Gasteiger partial charge in [-0.05, 0) is 56.7 Å². The highest BCUT2D eigenvalue weighted by Crippen LogP contribution is 2.38. The van der Waals surface area contributed by atoms with Crippen LogP contribution in [-0.4, -0.2) is 21.3 Å². The van der Waals surface area contributed by atoms with Gasteiger partial charge in [-0.3, -0.25) is 9.48 Å². The minimum absolute atomic E-state index is 0.261. The lowest BCUT2D eigenvalue weighted by atomic mass is 9.88. The maximum atomic E-state index is 12.4. The maximum absolute atomic E-state index is 12.4. The number of hydrogen-bond acceptors (Lipinski definition) is 4. The van der Waals surface area contributed by atoms with Crippen molar-refractivity contribution >= 4 is 11.5 Å². The lowest BCUT2D eigenvalue weighted by molar-refractivity contribution is -0.00789. The van der Waals surface area contributed by atoms with E-state index >= 15 is 0 Å². The Morgan fingerprint density at radius 3 is 2.73 bits per heavy atom. The molecule has 5 nitrogen and oxygen atoms in total. The molecule has 1 fully saturated rings. The van der Waals surface area contributed by atoms with Gasteiger partial charge in [0.2, 0.25) is 0 Å². The first kappa shape index (κ1) is 17.0. The van der Waals surface area contributed by atoms with Gasteiger partial charge >= 0.3 is 0 Å². The number of nitrogens with zero attached hydrogens (tertiary/aromatic N) is 3. The van der Waals surface area contributed by atoms with Crippen LogP contribution in [0.1, 0.15) is 65.3 Å². The zero-order valence-electron chi connectivity index (χ0n) is 15.9. The van der Waals surface area contributed by atoms with Crippen molar-refractivity contribution in [3.63, 3.8) is 0 Å². The summed E-state index contributed by atoms with van der Waals surface area (Å²) in [7, 11) is 1.91. The second kappa shape index (κ2) is 6.08. The van der Waals surface area contributed by atoms with E-state index in [2.05, 4.69) is 16.3 Å². The molecule has 5 heteroatoms. The lowest BCUT2D eigenvalue weighted by Crippen LogP contribution is -2.22. The van der Waals surface area contributed by atoms with Crippen LogP contribution in [0.25, 0.3) is 0 Å².